The number of hydrogen-bond acceptors (Lipinski definition) is 5. The topological polar surface area (TPSA) is 92.1 Å². The molecule has 0 unspecified atom stereocenters. The minimum atomic E-state index is -0.440. The minimum absolute atomic E-state index is 0.0239. The van der Waals surface area contributed by atoms with Crippen molar-refractivity contribution in [2.24, 2.45) is 0 Å². The first-order chi connectivity index (χ1) is 10.1. The van der Waals surface area contributed by atoms with E-state index in [9.17, 15) is 14.9 Å². The van der Waals surface area contributed by atoms with E-state index in [1.165, 1.54) is 23.9 Å². The lowest BCUT2D eigenvalue weighted by molar-refractivity contribution is -0.384. The highest BCUT2D eigenvalue weighted by Crippen LogP contribution is 2.23. The molecule has 0 atom stereocenters. The van der Waals surface area contributed by atoms with E-state index in [2.05, 4.69) is 9.97 Å². The number of fused-ring (bicyclic) bond motifs is 1. The SMILES string of the molecule is O=C(CSc1nc2ccc([N+](=O)[O-])cc2[nH]1)N1CCCC1. The van der Waals surface area contributed by atoms with E-state index >= 15 is 0 Å². The second-order valence-corrected chi connectivity index (χ2v) is 5.84. The summed E-state index contributed by atoms with van der Waals surface area (Å²) < 4.78 is 0. The van der Waals surface area contributed by atoms with Crippen LogP contribution in [0, 0.1) is 10.1 Å². The molecular weight excluding hydrogens is 292 g/mol. The van der Waals surface area contributed by atoms with Crippen molar-refractivity contribution in [3.05, 3.63) is 28.3 Å². The number of nitrogens with zero attached hydrogens (tertiary/aromatic N) is 3. The van der Waals surface area contributed by atoms with Crippen molar-refractivity contribution in [3.8, 4) is 0 Å². The summed E-state index contributed by atoms with van der Waals surface area (Å²) in [5.74, 6) is 0.450. The number of nitro groups is 1. The number of imidazole rings is 1. The molecule has 3 rings (SSSR count). The number of carbonyl (C=O) groups is 1. The molecule has 0 bridgehead atoms. The fourth-order valence-electron chi connectivity index (χ4n) is 2.34. The van der Waals surface area contributed by atoms with Gasteiger partial charge in [0.1, 0.15) is 0 Å². The Bertz CT molecular complexity index is 694. The summed E-state index contributed by atoms with van der Waals surface area (Å²) in [6.07, 6.45) is 2.15. The first-order valence-electron chi connectivity index (χ1n) is 6.68. The largest absolute Gasteiger partial charge is 0.342 e. The van der Waals surface area contributed by atoms with Gasteiger partial charge in [-0.1, -0.05) is 11.8 Å². The van der Waals surface area contributed by atoms with Crippen molar-refractivity contribution in [2.45, 2.75) is 18.0 Å². The fraction of sp³-hybridized carbons (Fsp3) is 0.385. The van der Waals surface area contributed by atoms with Crippen LogP contribution in [0.3, 0.4) is 0 Å². The highest BCUT2D eigenvalue weighted by atomic mass is 32.2. The lowest BCUT2D eigenvalue weighted by atomic mass is 10.3. The van der Waals surface area contributed by atoms with Crippen molar-refractivity contribution >= 4 is 34.4 Å². The third kappa shape index (κ3) is 2.99. The predicted octanol–water partition coefficient (Wildman–Crippen LogP) is 2.19. The summed E-state index contributed by atoms with van der Waals surface area (Å²) in [6.45, 7) is 1.68. The summed E-state index contributed by atoms with van der Waals surface area (Å²) >= 11 is 1.33. The molecule has 2 aromatic rings. The molecule has 0 aliphatic carbocycles. The molecule has 1 amide bonds. The number of rotatable bonds is 4. The van der Waals surface area contributed by atoms with E-state index in [0.29, 0.717) is 21.9 Å². The van der Waals surface area contributed by atoms with Gasteiger partial charge in [0, 0.05) is 25.2 Å². The molecule has 0 saturated carbocycles. The zero-order chi connectivity index (χ0) is 14.8. The van der Waals surface area contributed by atoms with E-state index in [4.69, 9.17) is 0 Å². The van der Waals surface area contributed by atoms with Crippen molar-refractivity contribution in [3.63, 3.8) is 0 Å². The van der Waals surface area contributed by atoms with Gasteiger partial charge in [0.25, 0.3) is 5.69 Å². The molecule has 0 spiro atoms. The summed E-state index contributed by atoms with van der Waals surface area (Å²) in [4.78, 5) is 31.4. The standard InChI is InChI=1S/C13H14N4O3S/c18-12(16-5-1-2-6-16)8-21-13-14-10-4-3-9(17(19)20)7-11(10)15-13/h3-4,7H,1-2,5-6,8H2,(H,14,15). The monoisotopic (exact) mass is 306 g/mol. The van der Waals surface area contributed by atoms with Crippen LogP contribution < -0.4 is 0 Å². The highest BCUT2D eigenvalue weighted by Gasteiger charge is 2.18. The third-order valence-corrected chi connectivity index (χ3v) is 4.30. The van der Waals surface area contributed by atoms with Crippen LogP contribution >= 0.6 is 11.8 Å². The molecule has 2 heterocycles. The average Bonchev–Trinajstić information content (AvgIpc) is 3.12. The number of thioether (sulfide) groups is 1. The summed E-state index contributed by atoms with van der Waals surface area (Å²) in [7, 11) is 0. The number of carbonyl (C=O) groups excluding carboxylic acids is 1. The Labute approximate surface area is 124 Å². The van der Waals surface area contributed by atoms with E-state index in [-0.39, 0.29) is 11.6 Å². The van der Waals surface area contributed by atoms with Crippen LogP contribution in [0.2, 0.25) is 0 Å². The molecule has 1 aliphatic rings. The van der Waals surface area contributed by atoms with Crippen molar-refractivity contribution < 1.29 is 9.72 Å². The number of non-ortho nitro benzene ring substituents is 1. The molecule has 1 aromatic carbocycles. The van der Waals surface area contributed by atoms with E-state index in [0.717, 1.165) is 25.9 Å². The number of nitro benzene ring substituents is 1. The van der Waals surface area contributed by atoms with Crippen LogP contribution in [0.4, 0.5) is 5.69 Å². The van der Waals surface area contributed by atoms with Crippen molar-refractivity contribution in [1.82, 2.24) is 14.9 Å². The first-order valence-corrected chi connectivity index (χ1v) is 7.67. The van der Waals surface area contributed by atoms with Gasteiger partial charge in [0.05, 0.1) is 21.7 Å². The lowest BCUT2D eigenvalue weighted by Gasteiger charge is -2.13. The van der Waals surface area contributed by atoms with Gasteiger partial charge in [-0.3, -0.25) is 14.9 Å². The molecule has 0 radical (unpaired) electrons. The molecule has 8 heteroatoms. The number of nitrogens with one attached hydrogen (secondary N) is 1. The number of aromatic nitrogens is 2. The predicted molar refractivity (Wildman–Crippen MR) is 79.3 cm³/mol. The number of amides is 1. The zero-order valence-corrected chi connectivity index (χ0v) is 12.1. The van der Waals surface area contributed by atoms with Gasteiger partial charge in [-0.15, -0.1) is 0 Å². The molecule has 1 aliphatic heterocycles. The summed E-state index contributed by atoms with van der Waals surface area (Å²) in [5.41, 5.74) is 1.30. The number of aromatic amines is 1. The van der Waals surface area contributed by atoms with Gasteiger partial charge in [-0.2, -0.15) is 0 Å². The Morgan fingerprint density at radius 3 is 2.90 bits per heavy atom. The second kappa shape index (κ2) is 5.72. The Hall–Kier alpha value is -2.09. The van der Waals surface area contributed by atoms with Gasteiger partial charge >= 0.3 is 0 Å². The second-order valence-electron chi connectivity index (χ2n) is 4.88. The van der Waals surface area contributed by atoms with E-state index in [1.54, 1.807) is 6.07 Å². The maximum absolute atomic E-state index is 12.0. The van der Waals surface area contributed by atoms with E-state index < -0.39 is 4.92 Å². The molecule has 21 heavy (non-hydrogen) atoms. The minimum Gasteiger partial charge on any atom is -0.342 e. The van der Waals surface area contributed by atoms with Crippen LogP contribution in [-0.4, -0.2) is 44.5 Å². The van der Waals surface area contributed by atoms with Gasteiger partial charge in [-0.05, 0) is 18.9 Å². The lowest BCUT2D eigenvalue weighted by Crippen LogP contribution is -2.29. The Kier molecular flexibility index (Phi) is 3.78. The normalized spacial score (nSPS) is 14.8. The zero-order valence-electron chi connectivity index (χ0n) is 11.2. The van der Waals surface area contributed by atoms with E-state index in [1.807, 2.05) is 4.90 Å². The summed E-state index contributed by atoms with van der Waals surface area (Å²) in [5, 5.41) is 11.3. The van der Waals surface area contributed by atoms with Gasteiger partial charge in [0.15, 0.2) is 5.16 Å². The van der Waals surface area contributed by atoms with Crippen LogP contribution in [0.5, 0.6) is 0 Å². The maximum Gasteiger partial charge on any atom is 0.271 e. The molecule has 7 nitrogen and oxygen atoms in total. The van der Waals surface area contributed by atoms with Gasteiger partial charge in [0.2, 0.25) is 5.91 Å². The molecule has 1 saturated heterocycles. The van der Waals surface area contributed by atoms with Crippen LogP contribution in [-0.2, 0) is 4.79 Å². The van der Waals surface area contributed by atoms with Crippen LogP contribution in [0.15, 0.2) is 23.4 Å². The molecule has 1 aromatic heterocycles. The Morgan fingerprint density at radius 2 is 2.19 bits per heavy atom. The Morgan fingerprint density at radius 1 is 1.43 bits per heavy atom. The number of H-pyrrole nitrogens is 1. The first kappa shape index (κ1) is 13.9. The van der Waals surface area contributed by atoms with Gasteiger partial charge < -0.3 is 9.88 Å². The van der Waals surface area contributed by atoms with Gasteiger partial charge in [-0.25, -0.2) is 4.98 Å². The van der Waals surface area contributed by atoms with Crippen molar-refractivity contribution in [1.29, 1.82) is 0 Å². The number of benzene rings is 1. The molecular formula is C13H14N4O3S. The fourth-order valence-corrected chi connectivity index (χ4v) is 3.13. The summed E-state index contributed by atoms with van der Waals surface area (Å²) in [6, 6.07) is 4.48. The third-order valence-electron chi connectivity index (χ3n) is 3.45. The maximum atomic E-state index is 12.0. The smallest absolute Gasteiger partial charge is 0.271 e. The highest BCUT2D eigenvalue weighted by molar-refractivity contribution is 7.99. The number of likely N-dealkylation sites (tertiary alicyclic amines) is 1. The molecule has 1 fully saturated rings. The van der Waals surface area contributed by atoms with Crippen molar-refractivity contribution in [2.75, 3.05) is 18.8 Å². The Balaban J connectivity index is 1.69. The quantitative estimate of drug-likeness (QED) is 0.531. The molecule has 1 N–H and O–H groups in total. The number of hydrogen-bond donors (Lipinski definition) is 1. The molecule has 110 valence electrons. The van der Waals surface area contributed by atoms with Crippen LogP contribution in [0.25, 0.3) is 11.0 Å². The van der Waals surface area contributed by atoms with Crippen LogP contribution in [0.1, 0.15) is 12.8 Å². The average molecular weight is 306 g/mol.